The average Bonchev–Trinajstić information content (AvgIpc) is 1.95. The minimum absolute atomic E-state index is 0.141. The zero-order chi connectivity index (χ0) is 8.27. The van der Waals surface area contributed by atoms with Gasteiger partial charge >= 0.3 is 0 Å². The third-order valence-electron chi connectivity index (χ3n) is 1.72. The van der Waals surface area contributed by atoms with Gasteiger partial charge in [0.15, 0.2) is 0 Å². The number of rotatable bonds is 2. The summed E-state index contributed by atoms with van der Waals surface area (Å²) < 4.78 is 4.81. The maximum absolute atomic E-state index is 11.0. The molecule has 0 aromatic heterocycles. The van der Waals surface area contributed by atoms with Crippen LogP contribution in [0.25, 0.3) is 0 Å². The molecule has 1 rings (SSSR count). The molecule has 1 aliphatic rings. The Morgan fingerprint density at radius 1 is 1.64 bits per heavy atom. The highest BCUT2D eigenvalue weighted by Gasteiger charge is 2.25. The number of methoxy groups -OCH3 is 1. The normalized spacial score (nSPS) is 25.0. The van der Waals surface area contributed by atoms with Crippen molar-refractivity contribution in [2.45, 2.75) is 12.8 Å². The van der Waals surface area contributed by atoms with Crippen molar-refractivity contribution in [3.63, 3.8) is 0 Å². The lowest BCUT2D eigenvalue weighted by Gasteiger charge is -2.19. The van der Waals surface area contributed by atoms with E-state index < -0.39 is 0 Å². The van der Waals surface area contributed by atoms with Gasteiger partial charge in [0, 0.05) is 13.5 Å². The highest BCUT2D eigenvalue weighted by molar-refractivity contribution is 5.98. The van der Waals surface area contributed by atoms with E-state index in [1.54, 1.807) is 7.11 Å². The van der Waals surface area contributed by atoms with Crippen LogP contribution in [-0.4, -0.2) is 25.5 Å². The van der Waals surface area contributed by atoms with E-state index in [4.69, 9.17) is 4.74 Å². The molecule has 1 saturated heterocycles. The van der Waals surface area contributed by atoms with Crippen molar-refractivity contribution in [2.24, 2.45) is 5.92 Å². The second kappa shape index (κ2) is 3.48. The molecular formula is C7H11NO3. The molecule has 0 bridgehead atoms. The van der Waals surface area contributed by atoms with Crippen LogP contribution in [0.4, 0.5) is 0 Å². The molecule has 62 valence electrons. The number of carbonyl (C=O) groups excluding carboxylic acids is 2. The summed E-state index contributed by atoms with van der Waals surface area (Å²) in [6.45, 7) is 0.402. The summed E-state index contributed by atoms with van der Waals surface area (Å²) in [5.74, 6) is -0.525. The Labute approximate surface area is 64.9 Å². The smallest absolute Gasteiger partial charge is 0.231 e. The van der Waals surface area contributed by atoms with E-state index in [9.17, 15) is 9.59 Å². The summed E-state index contributed by atoms with van der Waals surface area (Å²) >= 11 is 0. The topological polar surface area (TPSA) is 55.4 Å². The Balaban J connectivity index is 2.44. The molecule has 0 aromatic rings. The van der Waals surface area contributed by atoms with Crippen LogP contribution < -0.4 is 5.32 Å². The number of amides is 2. The van der Waals surface area contributed by atoms with Gasteiger partial charge < -0.3 is 4.74 Å². The van der Waals surface area contributed by atoms with Gasteiger partial charge in [0.2, 0.25) is 11.8 Å². The number of hydrogen-bond acceptors (Lipinski definition) is 3. The van der Waals surface area contributed by atoms with Crippen LogP contribution in [0.5, 0.6) is 0 Å². The monoisotopic (exact) mass is 157 g/mol. The Morgan fingerprint density at radius 3 is 2.91 bits per heavy atom. The summed E-state index contributed by atoms with van der Waals surface area (Å²) in [6.07, 6.45) is 1.04. The first-order valence-electron chi connectivity index (χ1n) is 3.56. The average molecular weight is 157 g/mol. The molecule has 1 atom stereocenters. The Morgan fingerprint density at radius 2 is 2.36 bits per heavy atom. The summed E-state index contributed by atoms with van der Waals surface area (Å²) in [7, 11) is 1.55. The second-order valence-electron chi connectivity index (χ2n) is 2.60. The van der Waals surface area contributed by atoms with Gasteiger partial charge in [-0.25, -0.2) is 0 Å². The number of hydrogen-bond donors (Lipinski definition) is 1. The van der Waals surface area contributed by atoms with E-state index >= 15 is 0 Å². The van der Waals surface area contributed by atoms with Gasteiger partial charge in [0.1, 0.15) is 0 Å². The zero-order valence-corrected chi connectivity index (χ0v) is 6.42. The lowest BCUT2D eigenvalue weighted by molar-refractivity contribution is -0.137. The van der Waals surface area contributed by atoms with Gasteiger partial charge in [-0.05, 0) is 6.42 Å². The van der Waals surface area contributed by atoms with Crippen LogP contribution in [0.3, 0.4) is 0 Å². The van der Waals surface area contributed by atoms with Crippen LogP contribution in [0.2, 0.25) is 0 Å². The molecule has 4 heteroatoms. The first-order chi connectivity index (χ1) is 5.24. The molecule has 0 spiro atoms. The van der Waals surface area contributed by atoms with Crippen molar-refractivity contribution in [1.29, 1.82) is 0 Å². The van der Waals surface area contributed by atoms with Crippen LogP contribution in [0.1, 0.15) is 12.8 Å². The van der Waals surface area contributed by atoms with Crippen LogP contribution in [0, 0.1) is 5.92 Å². The van der Waals surface area contributed by atoms with E-state index in [2.05, 4.69) is 5.32 Å². The van der Waals surface area contributed by atoms with Gasteiger partial charge in [0.05, 0.1) is 12.5 Å². The Bertz CT molecular complexity index is 179. The third kappa shape index (κ3) is 2.01. The molecule has 0 aromatic carbocycles. The van der Waals surface area contributed by atoms with Gasteiger partial charge in [-0.3, -0.25) is 14.9 Å². The molecule has 1 heterocycles. The molecule has 0 aliphatic carbocycles. The minimum Gasteiger partial charge on any atom is -0.384 e. The molecule has 0 saturated carbocycles. The van der Waals surface area contributed by atoms with Crippen LogP contribution >= 0.6 is 0 Å². The van der Waals surface area contributed by atoms with Gasteiger partial charge in [-0.1, -0.05) is 0 Å². The lowest BCUT2D eigenvalue weighted by Crippen LogP contribution is -2.42. The zero-order valence-electron chi connectivity index (χ0n) is 6.42. The van der Waals surface area contributed by atoms with Crippen molar-refractivity contribution in [1.82, 2.24) is 5.32 Å². The third-order valence-corrected chi connectivity index (χ3v) is 1.72. The van der Waals surface area contributed by atoms with Crippen molar-refractivity contribution >= 4 is 11.8 Å². The largest absolute Gasteiger partial charge is 0.384 e. The lowest BCUT2D eigenvalue weighted by atomic mass is 9.99. The van der Waals surface area contributed by atoms with Gasteiger partial charge in [0.25, 0.3) is 0 Å². The van der Waals surface area contributed by atoms with Crippen LogP contribution in [0.15, 0.2) is 0 Å². The fourth-order valence-corrected chi connectivity index (χ4v) is 1.10. The van der Waals surface area contributed by atoms with Gasteiger partial charge in [-0.2, -0.15) is 0 Å². The predicted octanol–water partition coefficient (Wildman–Crippen LogP) is -0.314. The number of nitrogens with one attached hydrogen (secondary N) is 1. The van der Waals surface area contributed by atoms with E-state index in [1.165, 1.54) is 0 Å². The maximum atomic E-state index is 11.0. The number of imide groups is 1. The number of piperidine rings is 1. The molecule has 1 fully saturated rings. The molecule has 0 radical (unpaired) electrons. The second-order valence-corrected chi connectivity index (χ2v) is 2.60. The van der Waals surface area contributed by atoms with E-state index in [0.717, 1.165) is 0 Å². The molecule has 4 nitrogen and oxygen atoms in total. The summed E-state index contributed by atoms with van der Waals surface area (Å²) in [4.78, 5) is 21.6. The number of ether oxygens (including phenoxy) is 1. The highest BCUT2D eigenvalue weighted by Crippen LogP contribution is 2.11. The molecule has 1 aliphatic heterocycles. The van der Waals surface area contributed by atoms with Crippen molar-refractivity contribution in [3.05, 3.63) is 0 Å². The first kappa shape index (κ1) is 8.20. The van der Waals surface area contributed by atoms with E-state index in [-0.39, 0.29) is 17.7 Å². The van der Waals surface area contributed by atoms with Crippen molar-refractivity contribution in [2.75, 3.05) is 13.7 Å². The predicted molar refractivity (Wildman–Crippen MR) is 37.7 cm³/mol. The first-order valence-corrected chi connectivity index (χ1v) is 3.56. The molecule has 1 N–H and O–H groups in total. The van der Waals surface area contributed by atoms with Gasteiger partial charge in [-0.15, -0.1) is 0 Å². The minimum atomic E-state index is -0.205. The highest BCUT2D eigenvalue weighted by atomic mass is 16.5. The standard InChI is InChI=1S/C7H11NO3/c1-11-4-5-2-3-6(9)8-7(5)10/h5H,2-4H2,1H3,(H,8,9,10). The molecule has 2 amide bonds. The van der Waals surface area contributed by atoms with Crippen LogP contribution in [-0.2, 0) is 14.3 Å². The quantitative estimate of drug-likeness (QED) is 0.559. The summed E-state index contributed by atoms with van der Waals surface area (Å²) in [6, 6.07) is 0. The molecular weight excluding hydrogens is 146 g/mol. The Hall–Kier alpha value is -0.900. The number of carbonyl (C=O) groups is 2. The van der Waals surface area contributed by atoms with E-state index in [0.29, 0.717) is 19.4 Å². The fourth-order valence-electron chi connectivity index (χ4n) is 1.10. The maximum Gasteiger partial charge on any atom is 0.231 e. The van der Waals surface area contributed by atoms with E-state index in [1.807, 2.05) is 0 Å². The van der Waals surface area contributed by atoms with Crippen molar-refractivity contribution < 1.29 is 14.3 Å². The molecule has 11 heavy (non-hydrogen) atoms. The van der Waals surface area contributed by atoms with Crippen molar-refractivity contribution in [3.8, 4) is 0 Å². The fraction of sp³-hybridized carbons (Fsp3) is 0.714. The Kier molecular flexibility index (Phi) is 2.59. The summed E-state index contributed by atoms with van der Waals surface area (Å²) in [5.41, 5.74) is 0. The summed E-state index contributed by atoms with van der Waals surface area (Å²) in [5, 5.41) is 2.26. The molecule has 1 unspecified atom stereocenters. The SMILES string of the molecule is COCC1CCC(=O)NC1=O.